The molecular weight excluding hydrogens is 412 g/mol. The van der Waals surface area contributed by atoms with Gasteiger partial charge in [-0.15, -0.1) is 11.8 Å². The minimum absolute atomic E-state index is 0.161. The fourth-order valence-electron chi connectivity index (χ4n) is 3.20. The van der Waals surface area contributed by atoms with Crippen molar-refractivity contribution in [3.63, 3.8) is 0 Å². The Morgan fingerprint density at radius 2 is 1.74 bits per heavy atom. The van der Waals surface area contributed by atoms with Crippen molar-refractivity contribution in [2.45, 2.75) is 10.6 Å². The first-order valence-corrected chi connectivity index (χ1v) is 10.5. The molecule has 3 aromatic carbocycles. The van der Waals surface area contributed by atoms with E-state index in [1.807, 2.05) is 36.4 Å². The predicted octanol–water partition coefficient (Wildman–Crippen LogP) is 6.32. The summed E-state index contributed by atoms with van der Waals surface area (Å²) in [4.78, 5) is 12.2. The standard InChI is InChI=1S/C25H20O5S/c1-29-21-6-3-7-22(14-21)31-15-19-13-23(18-4-2-5-20(26)12-18)30-24(19)16-8-10-17(11-9-16)25(27)28/h2-14,26H,15H2,1H3,(H,27,28). The third-order valence-electron chi connectivity index (χ3n) is 4.77. The zero-order chi connectivity index (χ0) is 21.8. The van der Waals surface area contributed by atoms with Gasteiger partial charge in [0, 0.05) is 27.3 Å². The molecule has 0 aliphatic rings. The largest absolute Gasteiger partial charge is 0.508 e. The number of carbonyl (C=O) groups is 1. The molecule has 0 bridgehead atoms. The lowest BCUT2D eigenvalue weighted by Gasteiger charge is -2.05. The summed E-state index contributed by atoms with van der Waals surface area (Å²) in [5.74, 6) is 1.93. The van der Waals surface area contributed by atoms with Gasteiger partial charge in [-0.25, -0.2) is 4.79 Å². The molecule has 6 heteroatoms. The van der Waals surface area contributed by atoms with Crippen LogP contribution in [-0.4, -0.2) is 23.3 Å². The number of hydrogen-bond acceptors (Lipinski definition) is 5. The van der Waals surface area contributed by atoms with Gasteiger partial charge < -0.3 is 19.4 Å². The summed E-state index contributed by atoms with van der Waals surface area (Å²) in [5.41, 5.74) is 2.74. The van der Waals surface area contributed by atoms with Crippen LogP contribution in [0.4, 0.5) is 0 Å². The lowest BCUT2D eigenvalue weighted by atomic mass is 10.1. The maximum Gasteiger partial charge on any atom is 0.335 e. The summed E-state index contributed by atoms with van der Waals surface area (Å²) in [5, 5.41) is 19.0. The van der Waals surface area contributed by atoms with Gasteiger partial charge in [-0.1, -0.05) is 30.3 Å². The fourth-order valence-corrected chi connectivity index (χ4v) is 4.11. The lowest BCUT2D eigenvalue weighted by Crippen LogP contribution is -1.95. The molecule has 31 heavy (non-hydrogen) atoms. The summed E-state index contributed by atoms with van der Waals surface area (Å²) in [6.45, 7) is 0. The van der Waals surface area contributed by atoms with Gasteiger partial charge in [0.1, 0.15) is 23.0 Å². The van der Waals surface area contributed by atoms with Crippen LogP contribution in [0.5, 0.6) is 11.5 Å². The van der Waals surface area contributed by atoms with Gasteiger partial charge >= 0.3 is 5.97 Å². The Labute approximate surface area is 183 Å². The first-order chi connectivity index (χ1) is 15.0. The average Bonchev–Trinajstić information content (AvgIpc) is 3.22. The Morgan fingerprint density at radius 3 is 2.45 bits per heavy atom. The second kappa shape index (κ2) is 9.02. The van der Waals surface area contributed by atoms with Gasteiger partial charge in [0.25, 0.3) is 0 Å². The summed E-state index contributed by atoms with van der Waals surface area (Å²) in [7, 11) is 1.64. The first kappa shape index (κ1) is 20.6. The molecule has 156 valence electrons. The first-order valence-electron chi connectivity index (χ1n) is 9.56. The van der Waals surface area contributed by atoms with E-state index in [1.54, 1.807) is 61.3 Å². The molecule has 1 aromatic heterocycles. The second-order valence-electron chi connectivity index (χ2n) is 6.87. The second-order valence-corrected chi connectivity index (χ2v) is 7.91. The number of phenolic OH excluding ortho intramolecular Hbond substituents is 1. The Bertz CT molecular complexity index is 1210. The number of furan rings is 1. The highest BCUT2D eigenvalue weighted by Gasteiger charge is 2.16. The Hall–Kier alpha value is -3.64. The van der Waals surface area contributed by atoms with Gasteiger partial charge in [0.05, 0.1) is 12.7 Å². The molecule has 0 unspecified atom stereocenters. The molecule has 0 amide bonds. The summed E-state index contributed by atoms with van der Waals surface area (Å²) in [6.07, 6.45) is 0. The van der Waals surface area contributed by atoms with Crippen molar-refractivity contribution in [3.05, 3.63) is 90.0 Å². The fraction of sp³-hybridized carbons (Fsp3) is 0.0800. The van der Waals surface area contributed by atoms with Crippen LogP contribution in [0.1, 0.15) is 15.9 Å². The molecule has 0 fully saturated rings. The molecular formula is C25H20O5S. The highest BCUT2D eigenvalue weighted by Crippen LogP contribution is 2.37. The van der Waals surface area contributed by atoms with Crippen LogP contribution in [0.3, 0.4) is 0 Å². The van der Waals surface area contributed by atoms with Crippen molar-refractivity contribution in [3.8, 4) is 34.1 Å². The molecule has 5 nitrogen and oxygen atoms in total. The van der Waals surface area contributed by atoms with Crippen molar-refractivity contribution in [1.82, 2.24) is 0 Å². The summed E-state index contributed by atoms with van der Waals surface area (Å²) < 4.78 is 11.5. The molecule has 4 aromatic rings. The number of phenols is 1. The van der Waals surface area contributed by atoms with Crippen molar-refractivity contribution < 1.29 is 24.2 Å². The molecule has 2 N–H and O–H groups in total. The number of carboxylic acid groups (broad SMARTS) is 1. The number of methoxy groups -OCH3 is 1. The molecule has 0 aliphatic carbocycles. The molecule has 0 saturated carbocycles. The minimum Gasteiger partial charge on any atom is -0.508 e. The molecule has 0 atom stereocenters. The van der Waals surface area contributed by atoms with Crippen LogP contribution in [0, 0.1) is 0 Å². The van der Waals surface area contributed by atoms with E-state index in [4.69, 9.17) is 9.15 Å². The zero-order valence-electron chi connectivity index (χ0n) is 16.7. The van der Waals surface area contributed by atoms with Crippen LogP contribution >= 0.6 is 11.8 Å². The van der Waals surface area contributed by atoms with E-state index < -0.39 is 5.97 Å². The monoisotopic (exact) mass is 432 g/mol. The third kappa shape index (κ3) is 4.75. The van der Waals surface area contributed by atoms with Crippen LogP contribution < -0.4 is 4.74 Å². The van der Waals surface area contributed by atoms with E-state index >= 15 is 0 Å². The molecule has 0 radical (unpaired) electrons. The van der Waals surface area contributed by atoms with Gasteiger partial charge in [-0.2, -0.15) is 0 Å². The van der Waals surface area contributed by atoms with Gasteiger partial charge in [0.2, 0.25) is 0 Å². The Balaban J connectivity index is 1.70. The zero-order valence-corrected chi connectivity index (χ0v) is 17.6. The van der Waals surface area contributed by atoms with Crippen LogP contribution in [0.2, 0.25) is 0 Å². The number of benzene rings is 3. The minimum atomic E-state index is -0.972. The number of thioether (sulfide) groups is 1. The lowest BCUT2D eigenvalue weighted by molar-refractivity contribution is 0.0697. The van der Waals surface area contributed by atoms with Crippen molar-refractivity contribution >= 4 is 17.7 Å². The molecule has 0 aliphatic heterocycles. The number of aromatic hydroxyl groups is 1. The number of aromatic carboxylic acids is 1. The molecule has 0 spiro atoms. The smallest absolute Gasteiger partial charge is 0.335 e. The highest BCUT2D eigenvalue weighted by atomic mass is 32.2. The van der Waals surface area contributed by atoms with Gasteiger partial charge in [0.15, 0.2) is 0 Å². The van der Waals surface area contributed by atoms with Crippen molar-refractivity contribution in [1.29, 1.82) is 0 Å². The number of hydrogen-bond donors (Lipinski definition) is 2. The number of rotatable bonds is 7. The maximum atomic E-state index is 11.2. The Morgan fingerprint density at radius 1 is 0.968 bits per heavy atom. The number of carboxylic acids is 1. The topological polar surface area (TPSA) is 79.9 Å². The van der Waals surface area contributed by atoms with E-state index in [0.717, 1.165) is 27.3 Å². The highest BCUT2D eigenvalue weighted by molar-refractivity contribution is 7.98. The quantitative estimate of drug-likeness (QED) is 0.333. The van der Waals surface area contributed by atoms with Crippen molar-refractivity contribution in [2.24, 2.45) is 0 Å². The van der Waals surface area contributed by atoms with E-state index in [1.165, 1.54) is 0 Å². The van der Waals surface area contributed by atoms with E-state index in [0.29, 0.717) is 17.3 Å². The number of ether oxygens (including phenoxy) is 1. The van der Waals surface area contributed by atoms with E-state index in [2.05, 4.69) is 0 Å². The molecule has 4 rings (SSSR count). The van der Waals surface area contributed by atoms with Gasteiger partial charge in [-0.3, -0.25) is 0 Å². The SMILES string of the molecule is COc1cccc(SCc2cc(-c3cccc(O)c3)oc2-c2ccc(C(=O)O)cc2)c1. The Kier molecular flexibility index (Phi) is 6.00. The van der Waals surface area contributed by atoms with E-state index in [-0.39, 0.29) is 11.3 Å². The normalized spacial score (nSPS) is 10.7. The van der Waals surface area contributed by atoms with Crippen molar-refractivity contribution in [2.75, 3.05) is 7.11 Å². The van der Waals surface area contributed by atoms with E-state index in [9.17, 15) is 15.0 Å². The third-order valence-corrected chi connectivity index (χ3v) is 5.81. The average molecular weight is 432 g/mol. The molecule has 1 heterocycles. The molecule has 0 saturated heterocycles. The van der Waals surface area contributed by atoms with Gasteiger partial charge in [-0.05, 0) is 48.5 Å². The van der Waals surface area contributed by atoms with Crippen LogP contribution in [0.25, 0.3) is 22.6 Å². The van der Waals surface area contributed by atoms with Crippen LogP contribution in [-0.2, 0) is 5.75 Å². The maximum absolute atomic E-state index is 11.2. The summed E-state index contributed by atoms with van der Waals surface area (Å²) >= 11 is 1.65. The predicted molar refractivity (Wildman–Crippen MR) is 121 cm³/mol. The summed E-state index contributed by atoms with van der Waals surface area (Å²) in [6, 6.07) is 23.3. The van der Waals surface area contributed by atoms with Crippen LogP contribution in [0.15, 0.2) is 88.2 Å².